The van der Waals surface area contributed by atoms with Crippen LogP contribution in [-0.2, 0) is 11.3 Å². The number of halogens is 1. The minimum absolute atomic E-state index is 0.123. The minimum atomic E-state index is -0.123. The summed E-state index contributed by atoms with van der Waals surface area (Å²) in [6, 6.07) is 8.03. The highest BCUT2D eigenvalue weighted by Gasteiger charge is 2.22. The average Bonchev–Trinajstić information content (AvgIpc) is 2.49. The summed E-state index contributed by atoms with van der Waals surface area (Å²) in [5.74, 6) is 0.137. The minimum Gasteiger partial charge on any atom is -0.352 e. The molecule has 4 heteroatoms. The van der Waals surface area contributed by atoms with Crippen LogP contribution >= 0.6 is 11.6 Å². The van der Waals surface area contributed by atoms with E-state index >= 15 is 0 Å². The molecule has 116 valence electrons. The van der Waals surface area contributed by atoms with Crippen LogP contribution in [0.3, 0.4) is 0 Å². The first-order valence-corrected chi connectivity index (χ1v) is 8.19. The van der Waals surface area contributed by atoms with Crippen LogP contribution in [0.25, 0.3) is 0 Å². The lowest BCUT2D eigenvalue weighted by molar-refractivity contribution is -0.126. The zero-order valence-corrected chi connectivity index (χ0v) is 13.7. The Balaban J connectivity index is 1.84. The molecule has 0 aromatic heterocycles. The Morgan fingerprint density at radius 2 is 1.90 bits per heavy atom. The van der Waals surface area contributed by atoms with Gasteiger partial charge in [0.05, 0.1) is 6.04 Å². The Morgan fingerprint density at radius 1 is 1.29 bits per heavy atom. The van der Waals surface area contributed by atoms with Gasteiger partial charge in [-0.05, 0) is 44.5 Å². The summed E-state index contributed by atoms with van der Waals surface area (Å²) in [5, 5.41) is 3.93. The first-order chi connectivity index (χ1) is 10.1. The van der Waals surface area contributed by atoms with Crippen molar-refractivity contribution in [3.63, 3.8) is 0 Å². The highest BCUT2D eigenvalue weighted by Crippen LogP contribution is 2.18. The Labute approximate surface area is 132 Å². The van der Waals surface area contributed by atoms with Crippen LogP contribution < -0.4 is 5.32 Å². The van der Waals surface area contributed by atoms with Crippen molar-refractivity contribution in [2.24, 2.45) is 0 Å². The summed E-state index contributed by atoms with van der Waals surface area (Å²) < 4.78 is 0. The van der Waals surface area contributed by atoms with Crippen molar-refractivity contribution < 1.29 is 4.79 Å². The summed E-state index contributed by atoms with van der Waals surface area (Å²) >= 11 is 5.89. The molecule has 1 aliphatic carbocycles. The van der Waals surface area contributed by atoms with E-state index in [-0.39, 0.29) is 11.9 Å². The van der Waals surface area contributed by atoms with Gasteiger partial charge in [0.25, 0.3) is 0 Å². The molecule has 2 rings (SSSR count). The molecule has 0 unspecified atom stereocenters. The molecule has 1 amide bonds. The Hall–Kier alpha value is -1.06. The second kappa shape index (κ2) is 7.81. The van der Waals surface area contributed by atoms with E-state index in [1.807, 2.05) is 38.2 Å². The number of carbonyl (C=O) groups excluding carboxylic acids is 1. The fourth-order valence-corrected chi connectivity index (χ4v) is 2.91. The molecule has 0 spiro atoms. The molecule has 21 heavy (non-hydrogen) atoms. The summed E-state index contributed by atoms with van der Waals surface area (Å²) in [6.45, 7) is 2.71. The number of benzene rings is 1. The number of amides is 1. The molecule has 0 bridgehead atoms. The highest BCUT2D eigenvalue weighted by molar-refractivity contribution is 6.30. The molecule has 1 aliphatic rings. The Kier molecular flexibility index (Phi) is 6.07. The molecule has 0 aliphatic heterocycles. The lowest BCUT2D eigenvalue weighted by Gasteiger charge is -2.28. The van der Waals surface area contributed by atoms with Gasteiger partial charge in [0.15, 0.2) is 0 Å². The zero-order chi connectivity index (χ0) is 15.2. The maximum absolute atomic E-state index is 12.3. The summed E-state index contributed by atoms with van der Waals surface area (Å²) in [7, 11) is 1.99. The van der Waals surface area contributed by atoms with E-state index in [9.17, 15) is 4.79 Å². The van der Waals surface area contributed by atoms with Gasteiger partial charge in [0, 0.05) is 17.6 Å². The third kappa shape index (κ3) is 5.01. The van der Waals surface area contributed by atoms with E-state index in [1.54, 1.807) is 0 Å². The van der Waals surface area contributed by atoms with Crippen LogP contribution in [0.5, 0.6) is 0 Å². The van der Waals surface area contributed by atoms with E-state index in [2.05, 4.69) is 10.2 Å². The van der Waals surface area contributed by atoms with Crippen molar-refractivity contribution in [2.45, 2.75) is 57.7 Å². The third-order valence-electron chi connectivity index (χ3n) is 4.34. The normalized spacial score (nSPS) is 17.7. The van der Waals surface area contributed by atoms with E-state index in [1.165, 1.54) is 24.8 Å². The van der Waals surface area contributed by atoms with Crippen molar-refractivity contribution in [1.29, 1.82) is 0 Å². The molecular formula is C17H25ClN2O. The lowest BCUT2D eigenvalue weighted by atomic mass is 9.95. The van der Waals surface area contributed by atoms with Gasteiger partial charge in [-0.3, -0.25) is 9.69 Å². The monoisotopic (exact) mass is 308 g/mol. The molecule has 1 N–H and O–H groups in total. The fraction of sp³-hybridized carbons (Fsp3) is 0.588. The smallest absolute Gasteiger partial charge is 0.237 e. The number of carbonyl (C=O) groups is 1. The standard InChI is InChI=1S/C17H25ClN2O/c1-13(17(21)19-16-6-4-3-5-7-16)20(2)12-14-8-10-15(18)11-9-14/h8-11,13,16H,3-7,12H2,1-2H3,(H,19,21)/t13-/m1/s1. The molecule has 1 aromatic carbocycles. The maximum atomic E-state index is 12.3. The van der Waals surface area contributed by atoms with Crippen LogP contribution in [0.1, 0.15) is 44.6 Å². The first kappa shape index (κ1) is 16.3. The molecule has 1 aromatic rings. The molecule has 1 saturated carbocycles. The van der Waals surface area contributed by atoms with E-state index < -0.39 is 0 Å². The first-order valence-electron chi connectivity index (χ1n) is 7.81. The van der Waals surface area contributed by atoms with Gasteiger partial charge in [-0.1, -0.05) is 43.0 Å². The van der Waals surface area contributed by atoms with Crippen LogP contribution in [-0.4, -0.2) is 29.9 Å². The second-order valence-electron chi connectivity index (χ2n) is 6.06. The van der Waals surface area contributed by atoms with Crippen molar-refractivity contribution in [1.82, 2.24) is 10.2 Å². The Morgan fingerprint density at radius 3 is 2.52 bits per heavy atom. The van der Waals surface area contributed by atoms with Gasteiger partial charge in [-0.25, -0.2) is 0 Å². The molecule has 0 saturated heterocycles. The maximum Gasteiger partial charge on any atom is 0.237 e. The quantitative estimate of drug-likeness (QED) is 0.901. The SMILES string of the molecule is C[C@H](C(=O)NC1CCCCC1)N(C)Cc1ccc(Cl)cc1. The highest BCUT2D eigenvalue weighted by atomic mass is 35.5. The van der Waals surface area contributed by atoms with Crippen LogP contribution in [0.15, 0.2) is 24.3 Å². The molecule has 1 fully saturated rings. The van der Waals surface area contributed by atoms with Crippen LogP contribution in [0, 0.1) is 0 Å². The molecule has 0 heterocycles. The van der Waals surface area contributed by atoms with E-state index in [0.29, 0.717) is 6.04 Å². The molecule has 3 nitrogen and oxygen atoms in total. The molecule has 0 radical (unpaired) electrons. The van der Waals surface area contributed by atoms with Gasteiger partial charge >= 0.3 is 0 Å². The van der Waals surface area contributed by atoms with Crippen LogP contribution in [0.4, 0.5) is 0 Å². The van der Waals surface area contributed by atoms with Gasteiger partial charge in [-0.2, -0.15) is 0 Å². The number of hydrogen-bond acceptors (Lipinski definition) is 2. The summed E-state index contributed by atoms with van der Waals surface area (Å²) in [6.07, 6.45) is 6.02. The average molecular weight is 309 g/mol. The largest absolute Gasteiger partial charge is 0.352 e. The number of nitrogens with one attached hydrogen (secondary N) is 1. The topological polar surface area (TPSA) is 32.3 Å². The zero-order valence-electron chi connectivity index (χ0n) is 12.9. The van der Waals surface area contributed by atoms with Gasteiger partial charge in [-0.15, -0.1) is 0 Å². The number of hydrogen-bond donors (Lipinski definition) is 1. The number of nitrogens with zero attached hydrogens (tertiary/aromatic N) is 1. The van der Waals surface area contributed by atoms with Crippen molar-refractivity contribution in [3.05, 3.63) is 34.9 Å². The van der Waals surface area contributed by atoms with E-state index in [0.717, 1.165) is 24.4 Å². The second-order valence-corrected chi connectivity index (χ2v) is 6.50. The van der Waals surface area contributed by atoms with Gasteiger partial charge in [0.1, 0.15) is 0 Å². The lowest BCUT2D eigenvalue weighted by Crippen LogP contribution is -2.47. The van der Waals surface area contributed by atoms with Crippen molar-refractivity contribution in [3.8, 4) is 0 Å². The van der Waals surface area contributed by atoms with Gasteiger partial charge < -0.3 is 5.32 Å². The summed E-state index contributed by atoms with van der Waals surface area (Å²) in [4.78, 5) is 14.4. The molecule has 1 atom stereocenters. The van der Waals surface area contributed by atoms with Gasteiger partial charge in [0.2, 0.25) is 5.91 Å². The van der Waals surface area contributed by atoms with Crippen LogP contribution in [0.2, 0.25) is 5.02 Å². The molecular weight excluding hydrogens is 284 g/mol. The number of likely N-dealkylation sites (N-methyl/N-ethyl adjacent to an activating group) is 1. The van der Waals surface area contributed by atoms with Crippen molar-refractivity contribution >= 4 is 17.5 Å². The Bertz CT molecular complexity index is 454. The van der Waals surface area contributed by atoms with Crippen molar-refractivity contribution in [2.75, 3.05) is 7.05 Å². The summed E-state index contributed by atoms with van der Waals surface area (Å²) in [5.41, 5.74) is 1.17. The predicted molar refractivity (Wildman–Crippen MR) is 87.4 cm³/mol. The fourth-order valence-electron chi connectivity index (χ4n) is 2.78. The van der Waals surface area contributed by atoms with E-state index in [4.69, 9.17) is 11.6 Å². The number of rotatable bonds is 5. The predicted octanol–water partition coefficient (Wildman–Crippen LogP) is 3.61. The third-order valence-corrected chi connectivity index (χ3v) is 4.59.